The lowest BCUT2D eigenvalue weighted by molar-refractivity contribution is -0.122. The fraction of sp³-hybridized carbons (Fsp3) is 0.364. The number of halogens is 1. The number of nitrogens with one attached hydrogen (secondary N) is 1. The van der Waals surface area contributed by atoms with Crippen molar-refractivity contribution in [3.05, 3.63) is 35.9 Å². The molecular weight excluding hydrogens is 230 g/mol. The molecule has 0 aromatic heterocycles. The lowest BCUT2D eigenvalue weighted by Gasteiger charge is -2.16. The van der Waals surface area contributed by atoms with Crippen molar-refractivity contribution in [1.82, 2.24) is 5.32 Å². The molecule has 3 N–H and O–H groups in total. The van der Waals surface area contributed by atoms with E-state index >= 15 is 0 Å². The summed E-state index contributed by atoms with van der Waals surface area (Å²) >= 11 is 5.94. The van der Waals surface area contributed by atoms with Crippen molar-refractivity contribution in [3.8, 4) is 0 Å². The third kappa shape index (κ3) is 3.48. The Morgan fingerprint density at radius 2 is 1.81 bits per heavy atom. The number of aliphatic hydroxyl groups is 2. The molecule has 0 saturated carbocycles. The fourth-order valence-electron chi connectivity index (χ4n) is 1.20. The highest BCUT2D eigenvalue weighted by atomic mass is 35.5. The SMILES string of the molecule is O=C(NC(CO)CO)C(Cl)c1ccccc1. The molecule has 88 valence electrons. The van der Waals surface area contributed by atoms with Crippen LogP contribution in [0.15, 0.2) is 30.3 Å². The molecule has 0 bridgehead atoms. The number of amides is 1. The van der Waals surface area contributed by atoms with Crippen LogP contribution in [0.4, 0.5) is 0 Å². The van der Waals surface area contributed by atoms with Gasteiger partial charge in [-0.1, -0.05) is 30.3 Å². The first-order valence-electron chi connectivity index (χ1n) is 4.90. The van der Waals surface area contributed by atoms with Crippen molar-refractivity contribution >= 4 is 17.5 Å². The minimum Gasteiger partial charge on any atom is -0.394 e. The topological polar surface area (TPSA) is 69.6 Å². The lowest BCUT2D eigenvalue weighted by Crippen LogP contribution is -2.41. The zero-order valence-corrected chi connectivity index (χ0v) is 9.39. The Kier molecular flexibility index (Phi) is 5.25. The number of hydrogen-bond donors (Lipinski definition) is 3. The molecular formula is C11H14ClNO3. The molecule has 1 atom stereocenters. The number of carbonyl (C=O) groups is 1. The van der Waals surface area contributed by atoms with Crippen molar-refractivity contribution < 1.29 is 15.0 Å². The van der Waals surface area contributed by atoms with E-state index in [1.807, 2.05) is 6.07 Å². The normalized spacial score (nSPS) is 12.5. The van der Waals surface area contributed by atoms with Gasteiger partial charge in [0.15, 0.2) is 0 Å². The van der Waals surface area contributed by atoms with Crippen LogP contribution in [0.2, 0.25) is 0 Å². The first-order valence-corrected chi connectivity index (χ1v) is 5.33. The number of carbonyl (C=O) groups excluding carboxylic acids is 1. The molecule has 1 aromatic rings. The van der Waals surface area contributed by atoms with Gasteiger partial charge in [-0.15, -0.1) is 11.6 Å². The van der Waals surface area contributed by atoms with Crippen LogP contribution in [-0.4, -0.2) is 35.4 Å². The van der Waals surface area contributed by atoms with E-state index in [1.54, 1.807) is 24.3 Å². The van der Waals surface area contributed by atoms with E-state index in [1.165, 1.54) is 0 Å². The van der Waals surface area contributed by atoms with Crippen LogP contribution in [0, 0.1) is 0 Å². The van der Waals surface area contributed by atoms with Gasteiger partial charge >= 0.3 is 0 Å². The fourth-order valence-corrected chi connectivity index (χ4v) is 1.41. The molecule has 1 amide bonds. The summed E-state index contributed by atoms with van der Waals surface area (Å²) in [6, 6.07) is 8.21. The number of alkyl halides is 1. The molecule has 0 aliphatic rings. The van der Waals surface area contributed by atoms with Gasteiger partial charge in [0.25, 0.3) is 0 Å². The molecule has 1 aromatic carbocycles. The molecule has 0 fully saturated rings. The molecule has 16 heavy (non-hydrogen) atoms. The average molecular weight is 244 g/mol. The smallest absolute Gasteiger partial charge is 0.242 e. The van der Waals surface area contributed by atoms with Crippen molar-refractivity contribution in [2.75, 3.05) is 13.2 Å². The van der Waals surface area contributed by atoms with E-state index in [9.17, 15) is 4.79 Å². The van der Waals surface area contributed by atoms with E-state index in [2.05, 4.69) is 5.32 Å². The third-order valence-corrected chi connectivity index (χ3v) is 2.56. The molecule has 0 saturated heterocycles. The van der Waals surface area contributed by atoms with Gasteiger partial charge in [-0.2, -0.15) is 0 Å². The zero-order valence-electron chi connectivity index (χ0n) is 8.64. The molecule has 1 rings (SSSR count). The molecule has 0 heterocycles. The summed E-state index contributed by atoms with van der Waals surface area (Å²) in [6.45, 7) is -0.638. The van der Waals surface area contributed by atoms with Gasteiger partial charge in [-0.05, 0) is 5.56 Å². The van der Waals surface area contributed by atoms with Crippen LogP contribution in [0.25, 0.3) is 0 Å². The molecule has 5 heteroatoms. The average Bonchev–Trinajstić information content (AvgIpc) is 2.35. The summed E-state index contributed by atoms with van der Waals surface area (Å²) in [5, 5.41) is 19.2. The van der Waals surface area contributed by atoms with Gasteiger partial charge in [0.05, 0.1) is 19.3 Å². The Labute approximate surface area is 98.9 Å². The van der Waals surface area contributed by atoms with Crippen LogP contribution < -0.4 is 5.32 Å². The van der Waals surface area contributed by atoms with Crippen molar-refractivity contribution in [3.63, 3.8) is 0 Å². The van der Waals surface area contributed by atoms with E-state index in [-0.39, 0.29) is 13.2 Å². The molecule has 0 radical (unpaired) electrons. The Balaban J connectivity index is 2.61. The zero-order chi connectivity index (χ0) is 12.0. The summed E-state index contributed by atoms with van der Waals surface area (Å²) < 4.78 is 0. The third-order valence-electron chi connectivity index (χ3n) is 2.11. The number of benzene rings is 1. The highest BCUT2D eigenvalue weighted by molar-refractivity contribution is 6.30. The van der Waals surface area contributed by atoms with Gasteiger partial charge in [-0.3, -0.25) is 4.79 Å². The first kappa shape index (κ1) is 13.0. The monoisotopic (exact) mass is 243 g/mol. The quantitative estimate of drug-likeness (QED) is 0.657. The maximum absolute atomic E-state index is 11.6. The second-order valence-electron chi connectivity index (χ2n) is 3.34. The molecule has 0 aliphatic heterocycles. The van der Waals surface area contributed by atoms with Crippen LogP contribution in [0.1, 0.15) is 10.9 Å². The molecule has 4 nitrogen and oxygen atoms in total. The predicted octanol–water partition coefficient (Wildman–Crippen LogP) is 0.436. The molecule has 1 unspecified atom stereocenters. The summed E-state index contributed by atoms with van der Waals surface area (Å²) in [5.74, 6) is -0.430. The van der Waals surface area contributed by atoms with Crippen LogP contribution in [0.5, 0.6) is 0 Å². The van der Waals surface area contributed by atoms with Crippen molar-refractivity contribution in [1.29, 1.82) is 0 Å². The molecule has 0 aliphatic carbocycles. The maximum Gasteiger partial charge on any atom is 0.242 e. The van der Waals surface area contributed by atoms with Gasteiger partial charge < -0.3 is 15.5 Å². The van der Waals surface area contributed by atoms with Gasteiger partial charge in [0.2, 0.25) is 5.91 Å². The number of aliphatic hydroxyl groups excluding tert-OH is 2. The Hall–Kier alpha value is -1.10. The maximum atomic E-state index is 11.6. The lowest BCUT2D eigenvalue weighted by atomic mass is 10.1. The second kappa shape index (κ2) is 6.48. The standard InChI is InChI=1S/C11H14ClNO3/c12-10(8-4-2-1-3-5-8)11(16)13-9(6-14)7-15/h1-5,9-10,14-15H,6-7H2,(H,13,16). The van der Waals surface area contributed by atoms with Crippen LogP contribution in [-0.2, 0) is 4.79 Å². The van der Waals surface area contributed by atoms with E-state index in [0.29, 0.717) is 5.56 Å². The Morgan fingerprint density at radius 3 is 2.31 bits per heavy atom. The minimum atomic E-state index is -0.818. The highest BCUT2D eigenvalue weighted by Gasteiger charge is 2.19. The van der Waals surface area contributed by atoms with E-state index < -0.39 is 17.3 Å². The Morgan fingerprint density at radius 1 is 1.25 bits per heavy atom. The minimum absolute atomic E-state index is 0.319. The van der Waals surface area contributed by atoms with Crippen LogP contribution >= 0.6 is 11.6 Å². The molecule has 0 spiro atoms. The summed E-state index contributed by atoms with van der Waals surface area (Å²) in [6.07, 6.45) is 0. The van der Waals surface area contributed by atoms with Gasteiger partial charge in [0, 0.05) is 0 Å². The predicted molar refractivity (Wildman–Crippen MR) is 61.1 cm³/mol. The van der Waals surface area contributed by atoms with Crippen LogP contribution in [0.3, 0.4) is 0 Å². The van der Waals surface area contributed by atoms with Gasteiger partial charge in [0.1, 0.15) is 5.38 Å². The number of rotatable bonds is 5. The highest BCUT2D eigenvalue weighted by Crippen LogP contribution is 2.19. The summed E-state index contributed by atoms with van der Waals surface area (Å²) in [5.41, 5.74) is 0.677. The summed E-state index contributed by atoms with van der Waals surface area (Å²) in [4.78, 5) is 11.6. The largest absolute Gasteiger partial charge is 0.394 e. The van der Waals surface area contributed by atoms with Crippen molar-refractivity contribution in [2.24, 2.45) is 0 Å². The van der Waals surface area contributed by atoms with E-state index in [4.69, 9.17) is 21.8 Å². The first-order chi connectivity index (χ1) is 7.69. The Bertz CT molecular complexity index is 327. The number of hydrogen-bond acceptors (Lipinski definition) is 3. The van der Waals surface area contributed by atoms with Gasteiger partial charge in [-0.25, -0.2) is 0 Å². The van der Waals surface area contributed by atoms with E-state index in [0.717, 1.165) is 0 Å². The second-order valence-corrected chi connectivity index (χ2v) is 3.78. The summed E-state index contributed by atoms with van der Waals surface area (Å²) in [7, 11) is 0. The van der Waals surface area contributed by atoms with Crippen molar-refractivity contribution in [2.45, 2.75) is 11.4 Å².